The van der Waals surface area contributed by atoms with Crippen LogP contribution in [0.1, 0.15) is 22.3 Å². The van der Waals surface area contributed by atoms with Gasteiger partial charge in [0.15, 0.2) is 0 Å². The predicted molar refractivity (Wildman–Crippen MR) is 125 cm³/mol. The standard InChI is InChI=1S/C26H25O2P/c1-16-12-18(3)25(27)23(14-16)29(24-15-17(2)13-19(4)26(24)28)22-11-7-9-20-8-5-6-10-21(20)22/h5-15,27-28H,1-4H3. The minimum atomic E-state index is -1.15. The van der Waals surface area contributed by atoms with Gasteiger partial charge in [0, 0.05) is 10.6 Å². The molecule has 0 atom stereocenters. The molecule has 0 saturated carbocycles. The molecule has 0 spiro atoms. The lowest BCUT2D eigenvalue weighted by atomic mass is 10.1. The molecule has 4 aromatic carbocycles. The summed E-state index contributed by atoms with van der Waals surface area (Å²) in [5.74, 6) is 0.626. The Kier molecular flexibility index (Phi) is 5.06. The Hall–Kier alpha value is -2.83. The molecular formula is C26H25O2P. The minimum Gasteiger partial charge on any atom is -0.507 e. The van der Waals surface area contributed by atoms with Gasteiger partial charge in [0.25, 0.3) is 0 Å². The van der Waals surface area contributed by atoms with E-state index in [-0.39, 0.29) is 0 Å². The van der Waals surface area contributed by atoms with Gasteiger partial charge in [-0.15, -0.1) is 0 Å². The monoisotopic (exact) mass is 400 g/mol. The Labute approximate surface area is 173 Å². The summed E-state index contributed by atoms with van der Waals surface area (Å²) in [7, 11) is -1.15. The van der Waals surface area contributed by atoms with Crippen LogP contribution >= 0.6 is 7.92 Å². The zero-order valence-corrected chi connectivity index (χ0v) is 18.1. The molecule has 0 heterocycles. The molecule has 0 saturated heterocycles. The maximum atomic E-state index is 11.1. The molecule has 4 rings (SSSR count). The highest BCUT2D eigenvalue weighted by molar-refractivity contribution is 7.80. The normalized spacial score (nSPS) is 11.3. The third kappa shape index (κ3) is 3.50. The van der Waals surface area contributed by atoms with Crippen molar-refractivity contribution in [3.63, 3.8) is 0 Å². The lowest BCUT2D eigenvalue weighted by Crippen LogP contribution is -2.23. The van der Waals surface area contributed by atoms with Crippen LogP contribution in [0.25, 0.3) is 10.8 Å². The lowest BCUT2D eigenvalue weighted by Gasteiger charge is -2.25. The molecule has 0 aromatic heterocycles. The first kappa shape index (κ1) is 19.5. The third-order valence-electron chi connectivity index (χ3n) is 5.34. The largest absolute Gasteiger partial charge is 0.507 e. The van der Waals surface area contributed by atoms with Crippen LogP contribution in [0.5, 0.6) is 11.5 Å². The molecule has 0 aliphatic rings. The van der Waals surface area contributed by atoms with Crippen molar-refractivity contribution in [2.24, 2.45) is 0 Å². The molecule has 4 aromatic rings. The van der Waals surface area contributed by atoms with Gasteiger partial charge in [-0.2, -0.15) is 0 Å². The van der Waals surface area contributed by atoms with Crippen LogP contribution in [-0.2, 0) is 0 Å². The molecule has 146 valence electrons. The van der Waals surface area contributed by atoms with Crippen LogP contribution in [0, 0.1) is 27.7 Å². The Balaban J connectivity index is 2.12. The number of rotatable bonds is 3. The van der Waals surface area contributed by atoms with Gasteiger partial charge in [-0.05, 0) is 86.1 Å². The number of aryl methyl sites for hydroxylation is 4. The van der Waals surface area contributed by atoms with E-state index < -0.39 is 7.92 Å². The fraction of sp³-hybridized carbons (Fsp3) is 0.154. The molecule has 3 heteroatoms. The summed E-state index contributed by atoms with van der Waals surface area (Å²) in [6.45, 7) is 7.97. The summed E-state index contributed by atoms with van der Waals surface area (Å²) in [6, 6.07) is 22.7. The second kappa shape index (κ2) is 7.54. The maximum Gasteiger partial charge on any atom is 0.126 e. The summed E-state index contributed by atoms with van der Waals surface area (Å²) >= 11 is 0. The number of phenolic OH excluding ortho intramolecular Hbond substituents is 2. The molecular weight excluding hydrogens is 375 g/mol. The van der Waals surface area contributed by atoms with Crippen LogP contribution in [-0.4, -0.2) is 10.2 Å². The number of fused-ring (bicyclic) bond motifs is 1. The fourth-order valence-electron chi connectivity index (χ4n) is 4.01. The van der Waals surface area contributed by atoms with E-state index in [1.54, 1.807) is 0 Å². The van der Waals surface area contributed by atoms with E-state index in [0.717, 1.165) is 48.9 Å². The summed E-state index contributed by atoms with van der Waals surface area (Å²) in [4.78, 5) is 0. The van der Waals surface area contributed by atoms with E-state index in [4.69, 9.17) is 0 Å². The first-order valence-corrected chi connectivity index (χ1v) is 11.1. The molecule has 29 heavy (non-hydrogen) atoms. The minimum absolute atomic E-state index is 0.313. The van der Waals surface area contributed by atoms with Gasteiger partial charge in [0.05, 0.1) is 0 Å². The maximum absolute atomic E-state index is 11.1. The quantitative estimate of drug-likeness (QED) is 0.462. The van der Waals surface area contributed by atoms with Crippen molar-refractivity contribution in [1.82, 2.24) is 0 Å². The highest BCUT2D eigenvalue weighted by atomic mass is 31.1. The zero-order valence-electron chi connectivity index (χ0n) is 17.2. The summed E-state index contributed by atoms with van der Waals surface area (Å²) in [5.41, 5.74) is 3.92. The first-order chi connectivity index (χ1) is 13.9. The highest BCUT2D eigenvalue weighted by Crippen LogP contribution is 2.43. The molecule has 0 aliphatic heterocycles. The van der Waals surface area contributed by atoms with Crippen molar-refractivity contribution in [1.29, 1.82) is 0 Å². The van der Waals surface area contributed by atoms with Crippen LogP contribution < -0.4 is 15.9 Å². The molecule has 0 fully saturated rings. The lowest BCUT2D eigenvalue weighted by molar-refractivity contribution is 0.475. The molecule has 0 radical (unpaired) electrons. The van der Waals surface area contributed by atoms with Crippen LogP contribution in [0.15, 0.2) is 66.7 Å². The Morgan fingerprint density at radius 1 is 0.586 bits per heavy atom. The van der Waals surface area contributed by atoms with E-state index in [2.05, 4.69) is 42.5 Å². The van der Waals surface area contributed by atoms with E-state index in [0.29, 0.717) is 11.5 Å². The van der Waals surface area contributed by atoms with Gasteiger partial charge in [0.2, 0.25) is 0 Å². The van der Waals surface area contributed by atoms with Crippen molar-refractivity contribution in [2.75, 3.05) is 0 Å². The Morgan fingerprint density at radius 3 is 1.69 bits per heavy atom. The zero-order chi connectivity index (χ0) is 20.7. The van der Waals surface area contributed by atoms with E-state index in [9.17, 15) is 10.2 Å². The topological polar surface area (TPSA) is 40.5 Å². The second-order valence-electron chi connectivity index (χ2n) is 7.73. The molecule has 0 aliphatic carbocycles. The van der Waals surface area contributed by atoms with Gasteiger partial charge in [0.1, 0.15) is 11.5 Å². The van der Waals surface area contributed by atoms with Crippen molar-refractivity contribution in [2.45, 2.75) is 27.7 Å². The van der Waals surface area contributed by atoms with Gasteiger partial charge in [-0.3, -0.25) is 0 Å². The number of phenols is 2. The molecule has 2 N–H and O–H groups in total. The fourth-order valence-corrected chi connectivity index (χ4v) is 6.91. The second-order valence-corrected chi connectivity index (χ2v) is 9.85. The van der Waals surface area contributed by atoms with Crippen molar-refractivity contribution >= 4 is 34.6 Å². The van der Waals surface area contributed by atoms with Gasteiger partial charge in [-0.25, -0.2) is 0 Å². The average Bonchev–Trinajstić information content (AvgIpc) is 2.69. The molecule has 0 amide bonds. The SMILES string of the molecule is Cc1cc(C)c(O)c(P(c2cc(C)cc(C)c2O)c2cccc3ccccc23)c1. The summed E-state index contributed by atoms with van der Waals surface area (Å²) in [6.07, 6.45) is 0. The smallest absolute Gasteiger partial charge is 0.126 e. The summed E-state index contributed by atoms with van der Waals surface area (Å²) in [5, 5.41) is 27.3. The predicted octanol–water partition coefficient (Wildman–Crippen LogP) is 5.24. The third-order valence-corrected chi connectivity index (χ3v) is 7.86. The average molecular weight is 400 g/mol. The van der Waals surface area contributed by atoms with Crippen LogP contribution in [0.3, 0.4) is 0 Å². The molecule has 0 bridgehead atoms. The highest BCUT2D eigenvalue weighted by Gasteiger charge is 2.26. The van der Waals surface area contributed by atoms with Crippen molar-refractivity contribution in [3.05, 3.63) is 89.0 Å². The van der Waals surface area contributed by atoms with Gasteiger partial charge >= 0.3 is 0 Å². The van der Waals surface area contributed by atoms with E-state index >= 15 is 0 Å². The van der Waals surface area contributed by atoms with Crippen molar-refractivity contribution in [3.8, 4) is 11.5 Å². The summed E-state index contributed by atoms with van der Waals surface area (Å²) < 4.78 is 0. The number of benzene rings is 4. The Bertz CT molecular complexity index is 1160. The van der Waals surface area contributed by atoms with E-state index in [1.807, 2.05) is 52.0 Å². The van der Waals surface area contributed by atoms with Gasteiger partial charge in [-0.1, -0.05) is 54.6 Å². The Morgan fingerprint density at radius 2 is 1.10 bits per heavy atom. The van der Waals surface area contributed by atoms with Crippen molar-refractivity contribution < 1.29 is 10.2 Å². The number of aromatic hydroxyl groups is 2. The van der Waals surface area contributed by atoms with Gasteiger partial charge < -0.3 is 10.2 Å². The molecule has 0 unspecified atom stereocenters. The number of hydrogen-bond acceptors (Lipinski definition) is 2. The van der Waals surface area contributed by atoms with Crippen LogP contribution in [0.2, 0.25) is 0 Å². The molecule has 2 nitrogen and oxygen atoms in total. The number of hydrogen-bond donors (Lipinski definition) is 2. The van der Waals surface area contributed by atoms with Crippen LogP contribution in [0.4, 0.5) is 0 Å². The first-order valence-electron chi connectivity index (χ1n) is 9.75. The van der Waals surface area contributed by atoms with E-state index in [1.165, 1.54) is 0 Å².